The SMILES string of the molecule is CCOC(=O)C(=O)OCC(C)(C)OC(C)C1CCC(C)(C)C1. The van der Waals surface area contributed by atoms with Crippen LogP contribution in [0.2, 0.25) is 0 Å². The van der Waals surface area contributed by atoms with E-state index in [2.05, 4.69) is 25.5 Å². The number of carbonyl (C=O) groups is 2. The van der Waals surface area contributed by atoms with Gasteiger partial charge in [0, 0.05) is 0 Å². The third-order valence-electron chi connectivity index (χ3n) is 4.17. The van der Waals surface area contributed by atoms with Gasteiger partial charge in [0.1, 0.15) is 6.61 Å². The van der Waals surface area contributed by atoms with Gasteiger partial charge < -0.3 is 14.2 Å². The number of rotatable bonds is 6. The van der Waals surface area contributed by atoms with Crippen LogP contribution in [0.1, 0.15) is 60.8 Å². The molecular formula is C17H30O5. The van der Waals surface area contributed by atoms with Gasteiger partial charge in [-0.1, -0.05) is 13.8 Å². The Labute approximate surface area is 133 Å². The van der Waals surface area contributed by atoms with E-state index >= 15 is 0 Å². The molecule has 1 saturated carbocycles. The standard InChI is InChI=1S/C17H30O5/c1-7-20-14(18)15(19)21-11-17(5,6)22-12(2)13-8-9-16(3,4)10-13/h12-13H,7-11H2,1-6H3. The Balaban J connectivity index is 2.43. The molecule has 0 spiro atoms. The van der Waals surface area contributed by atoms with Crippen molar-refractivity contribution in [3.8, 4) is 0 Å². The fourth-order valence-electron chi connectivity index (χ4n) is 3.01. The van der Waals surface area contributed by atoms with Crippen LogP contribution in [0, 0.1) is 11.3 Å². The molecule has 0 heterocycles. The van der Waals surface area contributed by atoms with Crippen LogP contribution in [0.25, 0.3) is 0 Å². The quantitative estimate of drug-likeness (QED) is 0.557. The van der Waals surface area contributed by atoms with Crippen LogP contribution in [0.4, 0.5) is 0 Å². The first-order valence-corrected chi connectivity index (χ1v) is 8.08. The number of ether oxygens (including phenoxy) is 3. The summed E-state index contributed by atoms with van der Waals surface area (Å²) < 4.78 is 15.7. The summed E-state index contributed by atoms with van der Waals surface area (Å²) in [5, 5.41) is 0. The van der Waals surface area contributed by atoms with Crippen molar-refractivity contribution in [2.24, 2.45) is 11.3 Å². The van der Waals surface area contributed by atoms with Crippen molar-refractivity contribution in [3.05, 3.63) is 0 Å². The van der Waals surface area contributed by atoms with Gasteiger partial charge in [-0.3, -0.25) is 0 Å². The van der Waals surface area contributed by atoms with Gasteiger partial charge in [0.15, 0.2) is 0 Å². The number of esters is 2. The first kappa shape index (κ1) is 18.9. The van der Waals surface area contributed by atoms with Gasteiger partial charge >= 0.3 is 11.9 Å². The molecule has 0 aromatic rings. The largest absolute Gasteiger partial charge is 0.458 e. The molecular weight excluding hydrogens is 284 g/mol. The van der Waals surface area contributed by atoms with E-state index in [9.17, 15) is 9.59 Å². The summed E-state index contributed by atoms with van der Waals surface area (Å²) in [6, 6.07) is 0. The minimum atomic E-state index is -0.965. The molecule has 1 rings (SSSR count). The molecule has 128 valence electrons. The van der Waals surface area contributed by atoms with E-state index < -0.39 is 17.5 Å². The second-order valence-corrected chi connectivity index (χ2v) is 7.55. The third kappa shape index (κ3) is 5.95. The predicted molar refractivity (Wildman–Crippen MR) is 83.3 cm³/mol. The van der Waals surface area contributed by atoms with Crippen molar-refractivity contribution < 1.29 is 23.8 Å². The molecule has 22 heavy (non-hydrogen) atoms. The lowest BCUT2D eigenvalue weighted by Gasteiger charge is -2.32. The summed E-state index contributed by atoms with van der Waals surface area (Å²) >= 11 is 0. The molecule has 1 aliphatic rings. The maximum Gasteiger partial charge on any atom is 0.417 e. The Bertz CT molecular complexity index is 400. The topological polar surface area (TPSA) is 61.8 Å². The Morgan fingerprint density at radius 1 is 1.23 bits per heavy atom. The van der Waals surface area contributed by atoms with Gasteiger partial charge in [-0.05, 0) is 58.3 Å². The van der Waals surface area contributed by atoms with E-state index in [1.807, 2.05) is 13.8 Å². The second kappa shape index (κ2) is 7.44. The Morgan fingerprint density at radius 2 is 1.82 bits per heavy atom. The second-order valence-electron chi connectivity index (χ2n) is 7.55. The molecule has 5 nitrogen and oxygen atoms in total. The van der Waals surface area contributed by atoms with Gasteiger partial charge in [-0.15, -0.1) is 0 Å². The zero-order valence-electron chi connectivity index (χ0n) is 14.7. The molecule has 0 aliphatic heterocycles. The number of hydrogen-bond acceptors (Lipinski definition) is 5. The van der Waals surface area contributed by atoms with Crippen molar-refractivity contribution in [1.82, 2.24) is 0 Å². The van der Waals surface area contributed by atoms with E-state index in [-0.39, 0.29) is 19.3 Å². The first-order chi connectivity index (χ1) is 10.1. The number of carbonyl (C=O) groups excluding carboxylic acids is 2. The number of hydrogen-bond donors (Lipinski definition) is 0. The van der Waals surface area contributed by atoms with Crippen molar-refractivity contribution in [3.63, 3.8) is 0 Å². The monoisotopic (exact) mass is 314 g/mol. The molecule has 5 heteroatoms. The van der Waals surface area contributed by atoms with E-state index in [1.54, 1.807) is 6.92 Å². The summed E-state index contributed by atoms with van der Waals surface area (Å²) in [5.74, 6) is -1.40. The molecule has 0 aromatic carbocycles. The highest BCUT2D eigenvalue weighted by Gasteiger charge is 2.36. The van der Waals surface area contributed by atoms with Gasteiger partial charge in [0.05, 0.1) is 18.3 Å². The minimum Gasteiger partial charge on any atom is -0.458 e. The average Bonchev–Trinajstić information content (AvgIpc) is 2.76. The molecule has 0 saturated heterocycles. The summed E-state index contributed by atoms with van der Waals surface area (Å²) in [6.45, 7) is 12.2. The van der Waals surface area contributed by atoms with Crippen LogP contribution in [0.5, 0.6) is 0 Å². The minimum absolute atomic E-state index is 0.0328. The average molecular weight is 314 g/mol. The highest BCUT2D eigenvalue weighted by atomic mass is 16.6. The summed E-state index contributed by atoms with van der Waals surface area (Å²) in [6.07, 6.45) is 3.61. The molecule has 0 radical (unpaired) electrons. The molecule has 2 atom stereocenters. The maximum atomic E-state index is 11.5. The molecule has 0 aromatic heterocycles. The molecule has 1 aliphatic carbocycles. The van der Waals surface area contributed by atoms with Crippen molar-refractivity contribution >= 4 is 11.9 Å². The van der Waals surface area contributed by atoms with Crippen molar-refractivity contribution in [1.29, 1.82) is 0 Å². The van der Waals surface area contributed by atoms with E-state index in [4.69, 9.17) is 9.47 Å². The lowest BCUT2D eigenvalue weighted by Crippen LogP contribution is -2.38. The van der Waals surface area contributed by atoms with Crippen molar-refractivity contribution in [2.75, 3.05) is 13.2 Å². The van der Waals surface area contributed by atoms with E-state index in [0.717, 1.165) is 12.8 Å². The molecule has 0 amide bonds. The van der Waals surface area contributed by atoms with Gasteiger partial charge in [0.25, 0.3) is 0 Å². The molecule has 1 fully saturated rings. The van der Waals surface area contributed by atoms with Crippen LogP contribution in [0.15, 0.2) is 0 Å². The van der Waals surface area contributed by atoms with Gasteiger partial charge in [-0.25, -0.2) is 9.59 Å². The summed E-state index contributed by atoms with van der Waals surface area (Å²) in [5.41, 5.74) is -0.253. The van der Waals surface area contributed by atoms with E-state index in [0.29, 0.717) is 11.3 Å². The van der Waals surface area contributed by atoms with Crippen LogP contribution >= 0.6 is 0 Å². The van der Waals surface area contributed by atoms with Gasteiger partial charge in [0.2, 0.25) is 0 Å². The van der Waals surface area contributed by atoms with Gasteiger partial charge in [-0.2, -0.15) is 0 Å². The highest BCUT2D eigenvalue weighted by Crippen LogP contribution is 2.43. The lowest BCUT2D eigenvalue weighted by molar-refractivity contribution is -0.175. The normalized spacial score (nSPS) is 22.2. The van der Waals surface area contributed by atoms with Crippen molar-refractivity contribution in [2.45, 2.75) is 72.5 Å². The summed E-state index contributed by atoms with van der Waals surface area (Å²) in [7, 11) is 0. The van der Waals surface area contributed by atoms with E-state index in [1.165, 1.54) is 6.42 Å². The Hall–Kier alpha value is -1.10. The maximum absolute atomic E-state index is 11.5. The first-order valence-electron chi connectivity index (χ1n) is 8.08. The zero-order valence-corrected chi connectivity index (χ0v) is 14.7. The lowest BCUT2D eigenvalue weighted by atomic mass is 9.89. The molecule has 0 bridgehead atoms. The molecule has 2 unspecified atom stereocenters. The summed E-state index contributed by atoms with van der Waals surface area (Å²) in [4.78, 5) is 22.7. The fraction of sp³-hybridized carbons (Fsp3) is 0.882. The predicted octanol–water partition coefficient (Wildman–Crippen LogP) is 3.10. The third-order valence-corrected chi connectivity index (χ3v) is 4.17. The van der Waals surface area contributed by atoms with Crippen LogP contribution in [0.3, 0.4) is 0 Å². The Morgan fingerprint density at radius 3 is 2.32 bits per heavy atom. The zero-order chi connectivity index (χ0) is 17.0. The Kier molecular flexibility index (Phi) is 6.41. The fourth-order valence-corrected chi connectivity index (χ4v) is 3.01. The van der Waals surface area contributed by atoms with Crippen LogP contribution in [-0.4, -0.2) is 36.9 Å². The highest BCUT2D eigenvalue weighted by molar-refractivity contribution is 6.29. The van der Waals surface area contributed by atoms with Crippen LogP contribution in [-0.2, 0) is 23.8 Å². The smallest absolute Gasteiger partial charge is 0.417 e. The molecule has 0 N–H and O–H groups in total. The van der Waals surface area contributed by atoms with Crippen LogP contribution < -0.4 is 0 Å².